The SMILES string of the molecule is CCN(CC(=O)NC(=O)Nc1ccc2c(c1)OCCO2)CC(=O)Nc1cccc(OC)c1. The Morgan fingerprint density at radius 3 is 2.41 bits per heavy atom. The fourth-order valence-corrected chi connectivity index (χ4v) is 3.04. The maximum atomic E-state index is 12.3. The maximum absolute atomic E-state index is 12.3. The molecule has 0 unspecified atom stereocenters. The van der Waals surface area contributed by atoms with E-state index in [4.69, 9.17) is 14.2 Å². The molecule has 0 aliphatic carbocycles. The Labute approximate surface area is 185 Å². The van der Waals surface area contributed by atoms with Crippen molar-refractivity contribution in [3.8, 4) is 17.2 Å². The number of hydrogen-bond donors (Lipinski definition) is 3. The van der Waals surface area contributed by atoms with Gasteiger partial charge in [-0.05, 0) is 30.8 Å². The molecule has 0 atom stereocenters. The van der Waals surface area contributed by atoms with E-state index in [9.17, 15) is 14.4 Å². The summed E-state index contributed by atoms with van der Waals surface area (Å²) in [6.45, 7) is 3.05. The number of likely N-dealkylation sites (N-methyl/N-ethyl adjacent to an activating group) is 1. The summed E-state index contributed by atoms with van der Waals surface area (Å²) in [6, 6.07) is 11.3. The van der Waals surface area contributed by atoms with Gasteiger partial charge in [-0.15, -0.1) is 0 Å². The molecular weight excluding hydrogens is 416 g/mol. The molecule has 0 saturated carbocycles. The summed E-state index contributed by atoms with van der Waals surface area (Å²) in [5.74, 6) is 0.937. The van der Waals surface area contributed by atoms with Gasteiger partial charge in [0, 0.05) is 23.5 Å². The number of nitrogens with one attached hydrogen (secondary N) is 3. The molecule has 10 heteroatoms. The Kier molecular flexibility index (Phi) is 7.87. The smallest absolute Gasteiger partial charge is 0.325 e. The summed E-state index contributed by atoms with van der Waals surface area (Å²) in [5.41, 5.74) is 1.05. The van der Waals surface area contributed by atoms with Crippen molar-refractivity contribution >= 4 is 29.2 Å². The number of anilines is 2. The molecule has 0 bridgehead atoms. The van der Waals surface area contributed by atoms with Gasteiger partial charge in [0.1, 0.15) is 19.0 Å². The van der Waals surface area contributed by atoms with Crippen LogP contribution in [0.5, 0.6) is 17.2 Å². The molecular formula is C22H26N4O6. The number of amides is 4. The van der Waals surface area contributed by atoms with Gasteiger partial charge >= 0.3 is 6.03 Å². The highest BCUT2D eigenvalue weighted by atomic mass is 16.6. The highest BCUT2D eigenvalue weighted by Crippen LogP contribution is 2.32. The number of ether oxygens (including phenoxy) is 3. The summed E-state index contributed by atoms with van der Waals surface area (Å²) < 4.78 is 16.0. The van der Waals surface area contributed by atoms with Crippen LogP contribution in [-0.2, 0) is 9.59 Å². The van der Waals surface area contributed by atoms with Crippen LogP contribution in [-0.4, -0.2) is 62.7 Å². The van der Waals surface area contributed by atoms with Crippen molar-refractivity contribution in [3.63, 3.8) is 0 Å². The monoisotopic (exact) mass is 442 g/mol. The molecule has 0 radical (unpaired) electrons. The first-order valence-electron chi connectivity index (χ1n) is 10.1. The number of benzene rings is 2. The standard InChI is InChI=1S/C22H26N4O6/c1-3-26(13-20(27)23-15-5-4-6-17(11-15)30-2)14-21(28)25-22(29)24-16-7-8-18-19(12-16)32-10-9-31-18/h4-8,11-12H,3,9-10,13-14H2,1-2H3,(H,23,27)(H2,24,25,28,29). The molecule has 2 aromatic carbocycles. The highest BCUT2D eigenvalue weighted by molar-refractivity contribution is 6.02. The lowest BCUT2D eigenvalue weighted by Crippen LogP contribution is -2.44. The number of hydrogen-bond acceptors (Lipinski definition) is 7. The zero-order chi connectivity index (χ0) is 22.9. The van der Waals surface area contributed by atoms with Crippen LogP contribution in [0.1, 0.15) is 6.92 Å². The summed E-state index contributed by atoms with van der Waals surface area (Å²) in [5, 5.41) is 7.60. The fourth-order valence-electron chi connectivity index (χ4n) is 3.04. The molecule has 0 spiro atoms. The minimum absolute atomic E-state index is 0.00902. The molecule has 1 heterocycles. The number of rotatable bonds is 8. The van der Waals surface area contributed by atoms with Gasteiger partial charge in [-0.2, -0.15) is 0 Å². The molecule has 1 aliphatic rings. The van der Waals surface area contributed by atoms with Crippen molar-refractivity contribution in [3.05, 3.63) is 42.5 Å². The van der Waals surface area contributed by atoms with Crippen LogP contribution in [0.2, 0.25) is 0 Å². The van der Waals surface area contributed by atoms with Gasteiger partial charge in [0.05, 0.1) is 20.2 Å². The summed E-state index contributed by atoms with van der Waals surface area (Å²) in [4.78, 5) is 38.4. The third kappa shape index (κ3) is 6.61. The molecule has 0 saturated heterocycles. The summed E-state index contributed by atoms with van der Waals surface area (Å²) >= 11 is 0. The molecule has 4 amide bonds. The van der Waals surface area contributed by atoms with Gasteiger partial charge in [0.15, 0.2) is 11.5 Å². The van der Waals surface area contributed by atoms with E-state index in [1.807, 2.05) is 6.92 Å². The van der Waals surface area contributed by atoms with Gasteiger partial charge in [-0.1, -0.05) is 13.0 Å². The van der Waals surface area contributed by atoms with E-state index in [-0.39, 0.29) is 19.0 Å². The topological polar surface area (TPSA) is 118 Å². The second-order valence-corrected chi connectivity index (χ2v) is 6.94. The molecule has 3 N–H and O–H groups in total. The lowest BCUT2D eigenvalue weighted by atomic mass is 10.2. The molecule has 10 nitrogen and oxygen atoms in total. The van der Waals surface area contributed by atoms with E-state index in [0.717, 1.165) is 0 Å². The zero-order valence-corrected chi connectivity index (χ0v) is 18.0. The van der Waals surface area contributed by atoms with E-state index in [0.29, 0.717) is 48.4 Å². The molecule has 1 aliphatic heterocycles. The van der Waals surface area contributed by atoms with E-state index in [1.165, 1.54) is 0 Å². The first kappa shape index (κ1) is 22.9. The second kappa shape index (κ2) is 11.0. The summed E-state index contributed by atoms with van der Waals surface area (Å²) in [7, 11) is 1.54. The largest absolute Gasteiger partial charge is 0.497 e. The van der Waals surface area contributed by atoms with E-state index >= 15 is 0 Å². The van der Waals surface area contributed by atoms with Crippen molar-refractivity contribution in [2.24, 2.45) is 0 Å². The van der Waals surface area contributed by atoms with Crippen LogP contribution in [0.25, 0.3) is 0 Å². The average molecular weight is 442 g/mol. The number of carbonyl (C=O) groups is 3. The molecule has 0 fully saturated rings. The van der Waals surface area contributed by atoms with Crippen LogP contribution in [0.15, 0.2) is 42.5 Å². The first-order chi connectivity index (χ1) is 15.5. The Morgan fingerprint density at radius 2 is 1.66 bits per heavy atom. The number of urea groups is 1. The summed E-state index contributed by atoms with van der Waals surface area (Å²) in [6.07, 6.45) is 0. The Balaban J connectivity index is 1.46. The van der Waals surface area contributed by atoms with Gasteiger partial charge in [0.2, 0.25) is 11.8 Å². The van der Waals surface area contributed by atoms with Gasteiger partial charge in [0.25, 0.3) is 0 Å². The molecule has 32 heavy (non-hydrogen) atoms. The number of carbonyl (C=O) groups excluding carboxylic acids is 3. The molecule has 0 aromatic heterocycles. The molecule has 2 aromatic rings. The molecule has 3 rings (SSSR count). The number of fused-ring (bicyclic) bond motifs is 1. The number of methoxy groups -OCH3 is 1. The van der Waals surface area contributed by atoms with Gasteiger partial charge < -0.3 is 24.8 Å². The Morgan fingerprint density at radius 1 is 0.938 bits per heavy atom. The maximum Gasteiger partial charge on any atom is 0.325 e. The second-order valence-electron chi connectivity index (χ2n) is 6.94. The minimum Gasteiger partial charge on any atom is -0.497 e. The Hall–Kier alpha value is -3.79. The van der Waals surface area contributed by atoms with Crippen molar-refractivity contribution in [2.75, 3.05) is 50.6 Å². The highest BCUT2D eigenvalue weighted by Gasteiger charge is 2.17. The van der Waals surface area contributed by atoms with E-state index in [1.54, 1.807) is 54.5 Å². The molecule has 170 valence electrons. The van der Waals surface area contributed by atoms with Crippen LogP contribution >= 0.6 is 0 Å². The fraction of sp³-hybridized carbons (Fsp3) is 0.318. The van der Waals surface area contributed by atoms with E-state index < -0.39 is 11.9 Å². The van der Waals surface area contributed by atoms with Crippen molar-refractivity contribution < 1.29 is 28.6 Å². The van der Waals surface area contributed by atoms with Crippen LogP contribution < -0.4 is 30.2 Å². The van der Waals surface area contributed by atoms with Crippen molar-refractivity contribution in [1.82, 2.24) is 10.2 Å². The van der Waals surface area contributed by atoms with E-state index in [2.05, 4.69) is 16.0 Å². The number of nitrogens with zero attached hydrogens (tertiary/aromatic N) is 1. The van der Waals surface area contributed by atoms with Crippen molar-refractivity contribution in [2.45, 2.75) is 6.92 Å². The first-order valence-corrected chi connectivity index (χ1v) is 10.1. The van der Waals surface area contributed by atoms with Crippen LogP contribution in [0.4, 0.5) is 16.2 Å². The zero-order valence-electron chi connectivity index (χ0n) is 18.0. The van der Waals surface area contributed by atoms with Gasteiger partial charge in [-0.3, -0.25) is 19.8 Å². The quantitative estimate of drug-likeness (QED) is 0.573. The minimum atomic E-state index is -0.677. The van der Waals surface area contributed by atoms with Gasteiger partial charge in [-0.25, -0.2) is 4.79 Å². The van der Waals surface area contributed by atoms with Crippen LogP contribution in [0.3, 0.4) is 0 Å². The normalized spacial score (nSPS) is 12.1. The number of imide groups is 1. The average Bonchev–Trinajstić information content (AvgIpc) is 2.78. The third-order valence-corrected chi connectivity index (χ3v) is 4.59. The Bertz CT molecular complexity index is 981. The third-order valence-electron chi connectivity index (χ3n) is 4.59. The lowest BCUT2D eigenvalue weighted by Gasteiger charge is -2.20. The van der Waals surface area contributed by atoms with Crippen molar-refractivity contribution in [1.29, 1.82) is 0 Å². The lowest BCUT2D eigenvalue weighted by molar-refractivity contribution is -0.122. The van der Waals surface area contributed by atoms with Crippen LogP contribution in [0, 0.1) is 0 Å². The predicted octanol–water partition coefficient (Wildman–Crippen LogP) is 2.08. The predicted molar refractivity (Wildman–Crippen MR) is 118 cm³/mol.